The van der Waals surface area contributed by atoms with Crippen molar-refractivity contribution in [1.82, 2.24) is 5.16 Å². The highest BCUT2D eigenvalue weighted by Crippen LogP contribution is 2.27. The van der Waals surface area contributed by atoms with Crippen LogP contribution in [-0.2, 0) is 10.0 Å². The molecule has 1 aromatic heterocycles. The Morgan fingerprint density at radius 1 is 1.26 bits per heavy atom. The van der Waals surface area contributed by atoms with Gasteiger partial charge in [0.15, 0.2) is 0 Å². The number of para-hydroxylation sites is 1. The lowest BCUT2D eigenvalue weighted by molar-refractivity contribution is 0.402. The van der Waals surface area contributed by atoms with Crippen LogP contribution in [0.2, 0.25) is 0 Å². The van der Waals surface area contributed by atoms with Crippen molar-refractivity contribution in [1.29, 1.82) is 0 Å². The fraction of sp³-hybridized carbons (Fsp3) is 0.250. The predicted octanol–water partition coefficient (Wildman–Crippen LogP) is 2.10. The predicted molar refractivity (Wildman–Crippen MR) is 69.8 cm³/mol. The third-order valence-electron chi connectivity index (χ3n) is 2.74. The summed E-state index contributed by atoms with van der Waals surface area (Å²) in [6, 6.07) is 6.35. The zero-order valence-electron chi connectivity index (χ0n) is 10.8. The Labute approximate surface area is 111 Å². The summed E-state index contributed by atoms with van der Waals surface area (Å²) in [6.45, 7) is 3.46. The molecule has 2 rings (SSSR count). The first kappa shape index (κ1) is 13.4. The van der Waals surface area contributed by atoms with Gasteiger partial charge in [-0.3, -0.25) is 0 Å². The Morgan fingerprint density at radius 3 is 2.53 bits per heavy atom. The quantitative estimate of drug-likeness (QED) is 0.928. The van der Waals surface area contributed by atoms with E-state index in [0.717, 1.165) is 0 Å². The molecule has 2 aromatic rings. The lowest BCUT2D eigenvalue weighted by atomic mass is 10.3. The molecular formula is C12H14N2O4S. The Kier molecular flexibility index (Phi) is 3.48. The molecule has 0 atom stereocenters. The van der Waals surface area contributed by atoms with Crippen LogP contribution in [0.25, 0.3) is 0 Å². The monoisotopic (exact) mass is 282 g/mol. The van der Waals surface area contributed by atoms with Crippen LogP contribution in [-0.4, -0.2) is 20.7 Å². The molecule has 0 aliphatic rings. The van der Waals surface area contributed by atoms with Crippen LogP contribution in [0, 0.1) is 13.8 Å². The maximum absolute atomic E-state index is 12.3. The number of nitrogens with one attached hydrogen (secondary N) is 1. The third-order valence-corrected chi connectivity index (χ3v) is 4.11. The van der Waals surface area contributed by atoms with E-state index in [0.29, 0.717) is 11.3 Å². The van der Waals surface area contributed by atoms with Crippen molar-refractivity contribution < 1.29 is 17.7 Å². The highest BCUT2D eigenvalue weighted by atomic mass is 32.2. The van der Waals surface area contributed by atoms with Gasteiger partial charge in [0.05, 0.1) is 12.8 Å². The lowest BCUT2D eigenvalue weighted by Crippen LogP contribution is -2.14. The smallest absolute Gasteiger partial charge is 0.267 e. The topological polar surface area (TPSA) is 81.4 Å². The molecule has 0 saturated heterocycles. The molecule has 0 bridgehead atoms. The minimum atomic E-state index is -3.77. The van der Waals surface area contributed by atoms with Gasteiger partial charge in [0.1, 0.15) is 10.6 Å². The largest absolute Gasteiger partial charge is 0.495 e. The van der Waals surface area contributed by atoms with E-state index >= 15 is 0 Å². The molecule has 1 heterocycles. The molecule has 6 nitrogen and oxygen atoms in total. The van der Waals surface area contributed by atoms with E-state index in [-0.39, 0.29) is 16.5 Å². The molecule has 0 unspecified atom stereocenters. The van der Waals surface area contributed by atoms with E-state index in [4.69, 9.17) is 9.26 Å². The van der Waals surface area contributed by atoms with Gasteiger partial charge in [0.25, 0.3) is 10.0 Å². The Morgan fingerprint density at radius 2 is 1.95 bits per heavy atom. The zero-order chi connectivity index (χ0) is 14.0. The van der Waals surface area contributed by atoms with Crippen molar-refractivity contribution in [3.05, 3.63) is 35.5 Å². The average molecular weight is 282 g/mol. The molecule has 0 aliphatic carbocycles. The summed E-state index contributed by atoms with van der Waals surface area (Å²) in [5, 5.41) is 3.70. The minimum Gasteiger partial charge on any atom is -0.495 e. The average Bonchev–Trinajstić information content (AvgIpc) is 2.70. The highest BCUT2D eigenvalue weighted by molar-refractivity contribution is 7.92. The summed E-state index contributed by atoms with van der Waals surface area (Å²) in [5.41, 5.74) is 1.29. The van der Waals surface area contributed by atoms with Crippen LogP contribution >= 0.6 is 0 Å². The van der Waals surface area contributed by atoms with E-state index in [9.17, 15) is 8.42 Å². The van der Waals surface area contributed by atoms with Crippen LogP contribution in [0.4, 0.5) is 5.88 Å². The number of hydrogen-bond donors (Lipinski definition) is 1. The molecular weight excluding hydrogens is 268 g/mol. The second-order valence-electron chi connectivity index (χ2n) is 3.98. The van der Waals surface area contributed by atoms with Crippen LogP contribution in [0.15, 0.2) is 33.7 Å². The summed E-state index contributed by atoms with van der Waals surface area (Å²) in [6.07, 6.45) is 0. The van der Waals surface area contributed by atoms with Gasteiger partial charge in [-0.1, -0.05) is 17.3 Å². The summed E-state index contributed by atoms with van der Waals surface area (Å²) in [5.74, 6) is 0.382. The molecule has 0 radical (unpaired) electrons. The molecule has 0 spiro atoms. The maximum atomic E-state index is 12.3. The fourth-order valence-corrected chi connectivity index (χ4v) is 2.75. The molecule has 0 saturated carbocycles. The Bertz CT molecular complexity index is 692. The van der Waals surface area contributed by atoms with Gasteiger partial charge < -0.3 is 9.26 Å². The normalized spacial score (nSPS) is 11.3. The molecule has 0 fully saturated rings. The van der Waals surface area contributed by atoms with E-state index in [1.165, 1.54) is 13.2 Å². The number of anilines is 1. The second-order valence-corrected chi connectivity index (χ2v) is 5.63. The van der Waals surface area contributed by atoms with Gasteiger partial charge in [-0.25, -0.2) is 13.1 Å². The van der Waals surface area contributed by atoms with Crippen molar-refractivity contribution >= 4 is 15.9 Å². The van der Waals surface area contributed by atoms with Gasteiger partial charge in [0, 0.05) is 5.56 Å². The number of sulfonamides is 1. The van der Waals surface area contributed by atoms with Gasteiger partial charge in [0.2, 0.25) is 5.88 Å². The van der Waals surface area contributed by atoms with Crippen LogP contribution in [0.3, 0.4) is 0 Å². The van der Waals surface area contributed by atoms with Gasteiger partial charge in [-0.15, -0.1) is 0 Å². The number of methoxy groups -OCH3 is 1. The molecule has 19 heavy (non-hydrogen) atoms. The number of ether oxygens (including phenoxy) is 1. The minimum absolute atomic E-state index is 0.0472. The van der Waals surface area contributed by atoms with Crippen molar-refractivity contribution in [2.45, 2.75) is 18.7 Å². The summed E-state index contributed by atoms with van der Waals surface area (Å²) < 4.78 is 36.9. The van der Waals surface area contributed by atoms with Crippen molar-refractivity contribution in [2.24, 2.45) is 0 Å². The summed E-state index contributed by atoms with van der Waals surface area (Å²) in [4.78, 5) is 0.0472. The first-order valence-corrected chi connectivity index (χ1v) is 7.02. The van der Waals surface area contributed by atoms with E-state index in [2.05, 4.69) is 9.88 Å². The second kappa shape index (κ2) is 4.93. The summed E-state index contributed by atoms with van der Waals surface area (Å²) >= 11 is 0. The van der Waals surface area contributed by atoms with Crippen molar-refractivity contribution in [3.63, 3.8) is 0 Å². The zero-order valence-corrected chi connectivity index (χ0v) is 11.6. The van der Waals surface area contributed by atoms with Crippen LogP contribution in [0.5, 0.6) is 5.75 Å². The first-order chi connectivity index (χ1) is 8.95. The standard InChI is InChI=1S/C12H14N2O4S/c1-8-9(2)13-18-12(8)14-19(15,16)11-7-5-4-6-10(11)17-3/h4-7,14H,1-3H3. The number of rotatable bonds is 4. The summed E-state index contributed by atoms with van der Waals surface area (Å²) in [7, 11) is -2.36. The fourth-order valence-electron chi connectivity index (χ4n) is 1.53. The van der Waals surface area contributed by atoms with Crippen molar-refractivity contribution in [3.8, 4) is 5.75 Å². The number of aryl methyl sites for hydroxylation is 1. The van der Waals surface area contributed by atoms with Gasteiger partial charge in [-0.05, 0) is 26.0 Å². The molecule has 1 N–H and O–H groups in total. The highest BCUT2D eigenvalue weighted by Gasteiger charge is 2.22. The third kappa shape index (κ3) is 2.55. The number of hydrogen-bond acceptors (Lipinski definition) is 5. The molecule has 7 heteroatoms. The van der Waals surface area contributed by atoms with E-state index in [1.54, 1.807) is 32.0 Å². The maximum Gasteiger partial charge on any atom is 0.267 e. The lowest BCUT2D eigenvalue weighted by Gasteiger charge is -2.09. The number of nitrogens with zero attached hydrogens (tertiary/aromatic N) is 1. The van der Waals surface area contributed by atoms with E-state index in [1.807, 2.05) is 0 Å². The molecule has 1 aromatic carbocycles. The first-order valence-electron chi connectivity index (χ1n) is 5.54. The molecule has 102 valence electrons. The molecule has 0 aliphatic heterocycles. The number of benzene rings is 1. The Balaban J connectivity index is 2.41. The van der Waals surface area contributed by atoms with Gasteiger partial charge >= 0.3 is 0 Å². The Hall–Kier alpha value is -2.02. The van der Waals surface area contributed by atoms with Gasteiger partial charge in [-0.2, -0.15) is 0 Å². The van der Waals surface area contributed by atoms with E-state index < -0.39 is 10.0 Å². The SMILES string of the molecule is COc1ccccc1S(=O)(=O)Nc1onc(C)c1C. The van der Waals surface area contributed by atoms with Crippen LogP contribution in [0.1, 0.15) is 11.3 Å². The number of aromatic nitrogens is 1. The molecule has 0 amide bonds. The van der Waals surface area contributed by atoms with Crippen LogP contribution < -0.4 is 9.46 Å². The van der Waals surface area contributed by atoms with Crippen molar-refractivity contribution in [2.75, 3.05) is 11.8 Å².